The minimum atomic E-state index is 0.0885. The molecule has 1 N–H and O–H groups in total. The van der Waals surface area contributed by atoms with Gasteiger partial charge in [-0.15, -0.1) is 10.2 Å². The average Bonchev–Trinajstić information content (AvgIpc) is 3.18. The highest BCUT2D eigenvalue weighted by Gasteiger charge is 2.38. The summed E-state index contributed by atoms with van der Waals surface area (Å²) in [7, 11) is 0. The van der Waals surface area contributed by atoms with Crippen LogP contribution >= 0.6 is 0 Å². The highest BCUT2D eigenvalue weighted by Crippen LogP contribution is 2.43. The first-order chi connectivity index (χ1) is 13.8. The predicted molar refractivity (Wildman–Crippen MR) is 107 cm³/mol. The van der Waals surface area contributed by atoms with Gasteiger partial charge in [-0.25, -0.2) is 0 Å². The summed E-state index contributed by atoms with van der Waals surface area (Å²) in [6.07, 6.45) is 4.67. The highest BCUT2D eigenvalue weighted by atomic mass is 16.1. The second-order valence-electron chi connectivity index (χ2n) is 7.46. The molecule has 6 heteroatoms. The van der Waals surface area contributed by atoms with Crippen LogP contribution in [0.4, 0.5) is 0 Å². The number of tetrazole rings is 1. The van der Waals surface area contributed by atoms with Crippen LogP contribution in [-0.4, -0.2) is 32.7 Å². The van der Waals surface area contributed by atoms with Crippen molar-refractivity contribution in [3.8, 4) is 11.4 Å². The van der Waals surface area contributed by atoms with Gasteiger partial charge in [0.15, 0.2) is 0 Å². The number of hydrogen-bond acceptors (Lipinski definition) is 4. The number of nitrogens with one attached hydrogen (secondary N) is 1. The molecule has 1 aliphatic carbocycles. The van der Waals surface area contributed by atoms with Gasteiger partial charge in [-0.2, -0.15) is 4.80 Å². The molecule has 28 heavy (non-hydrogen) atoms. The number of benzene rings is 2. The van der Waals surface area contributed by atoms with Gasteiger partial charge in [-0.3, -0.25) is 4.79 Å². The molecule has 0 saturated heterocycles. The Labute approximate surface area is 165 Å². The molecule has 1 aliphatic rings. The molecule has 0 unspecified atom stereocenters. The zero-order valence-electron chi connectivity index (χ0n) is 15.9. The fraction of sp³-hybridized carbons (Fsp3) is 0.364. The van der Waals surface area contributed by atoms with Crippen LogP contribution in [0, 0.1) is 0 Å². The third-order valence-corrected chi connectivity index (χ3v) is 5.57. The fourth-order valence-corrected chi connectivity index (χ4v) is 3.74. The molecule has 144 valence electrons. The van der Waals surface area contributed by atoms with E-state index in [0.29, 0.717) is 25.2 Å². The van der Waals surface area contributed by atoms with Crippen LogP contribution in [0.3, 0.4) is 0 Å². The number of aromatic nitrogens is 4. The minimum absolute atomic E-state index is 0.0885. The van der Waals surface area contributed by atoms with Gasteiger partial charge < -0.3 is 5.32 Å². The second-order valence-corrected chi connectivity index (χ2v) is 7.46. The Morgan fingerprint density at radius 3 is 2.43 bits per heavy atom. The Bertz CT molecular complexity index is 903. The van der Waals surface area contributed by atoms with E-state index >= 15 is 0 Å². The van der Waals surface area contributed by atoms with E-state index in [1.54, 1.807) is 4.80 Å². The molecule has 2 aromatic carbocycles. The van der Waals surface area contributed by atoms with E-state index in [4.69, 9.17) is 0 Å². The maximum atomic E-state index is 12.3. The van der Waals surface area contributed by atoms with E-state index < -0.39 is 0 Å². The maximum absolute atomic E-state index is 12.3. The molecular formula is C22H25N5O. The van der Waals surface area contributed by atoms with Gasteiger partial charge in [0.25, 0.3) is 0 Å². The predicted octanol–water partition coefficient (Wildman–Crippen LogP) is 3.36. The molecule has 0 spiro atoms. The molecule has 3 aromatic rings. The van der Waals surface area contributed by atoms with Gasteiger partial charge in [-0.1, -0.05) is 67.1 Å². The fourth-order valence-electron chi connectivity index (χ4n) is 3.74. The standard InChI is InChI=1S/C22H25N5O/c28-20(23-17-22(14-8-15-22)19-11-5-2-6-12-19)13-7-16-27-25-21(24-26-27)18-9-3-1-4-10-18/h1-6,9-12H,7-8,13-17H2,(H,23,28). The first kappa shape index (κ1) is 18.3. The summed E-state index contributed by atoms with van der Waals surface area (Å²) in [6.45, 7) is 1.30. The van der Waals surface area contributed by atoms with Crippen molar-refractivity contribution in [1.29, 1.82) is 0 Å². The van der Waals surface area contributed by atoms with Crippen LogP contribution in [0.25, 0.3) is 11.4 Å². The van der Waals surface area contributed by atoms with E-state index in [-0.39, 0.29) is 11.3 Å². The topological polar surface area (TPSA) is 72.7 Å². The van der Waals surface area contributed by atoms with E-state index in [1.807, 2.05) is 36.4 Å². The number of hydrogen-bond donors (Lipinski definition) is 1. The zero-order valence-corrected chi connectivity index (χ0v) is 15.9. The summed E-state index contributed by atoms with van der Waals surface area (Å²) in [4.78, 5) is 13.9. The number of rotatable bonds is 8. The number of aryl methyl sites for hydroxylation is 1. The first-order valence-corrected chi connectivity index (χ1v) is 9.91. The van der Waals surface area contributed by atoms with Gasteiger partial charge in [0, 0.05) is 23.9 Å². The smallest absolute Gasteiger partial charge is 0.220 e. The van der Waals surface area contributed by atoms with Crippen LogP contribution < -0.4 is 5.32 Å². The van der Waals surface area contributed by atoms with Crippen molar-refractivity contribution in [1.82, 2.24) is 25.5 Å². The Kier molecular flexibility index (Phi) is 5.46. The van der Waals surface area contributed by atoms with Gasteiger partial charge in [0.05, 0.1) is 6.54 Å². The largest absolute Gasteiger partial charge is 0.355 e. The zero-order chi connectivity index (χ0) is 19.2. The second kappa shape index (κ2) is 8.33. The van der Waals surface area contributed by atoms with Gasteiger partial charge in [-0.05, 0) is 30.0 Å². The molecule has 0 atom stereocenters. The monoisotopic (exact) mass is 375 g/mol. The maximum Gasteiger partial charge on any atom is 0.220 e. The molecular weight excluding hydrogens is 350 g/mol. The molecule has 1 amide bonds. The van der Waals surface area contributed by atoms with Crippen molar-refractivity contribution in [2.75, 3.05) is 6.54 Å². The van der Waals surface area contributed by atoms with Crippen LogP contribution in [0.1, 0.15) is 37.7 Å². The third-order valence-electron chi connectivity index (χ3n) is 5.57. The summed E-state index contributed by atoms with van der Waals surface area (Å²) in [5, 5.41) is 15.7. The Morgan fingerprint density at radius 2 is 1.75 bits per heavy atom. The molecule has 1 aromatic heterocycles. The summed E-state index contributed by atoms with van der Waals surface area (Å²) < 4.78 is 0. The molecule has 1 fully saturated rings. The van der Waals surface area contributed by atoms with E-state index in [0.717, 1.165) is 24.9 Å². The quantitative estimate of drug-likeness (QED) is 0.655. The van der Waals surface area contributed by atoms with Crippen molar-refractivity contribution < 1.29 is 4.79 Å². The summed E-state index contributed by atoms with van der Waals surface area (Å²) in [5.41, 5.74) is 2.40. The Morgan fingerprint density at radius 1 is 1.04 bits per heavy atom. The van der Waals surface area contributed by atoms with Gasteiger partial charge >= 0.3 is 0 Å². The Balaban J connectivity index is 1.24. The molecule has 0 aliphatic heterocycles. The van der Waals surface area contributed by atoms with Crippen molar-refractivity contribution in [2.45, 2.75) is 44.1 Å². The van der Waals surface area contributed by atoms with E-state index in [2.05, 4.69) is 45.0 Å². The number of amides is 1. The summed E-state index contributed by atoms with van der Waals surface area (Å²) in [5.74, 6) is 0.699. The van der Waals surface area contributed by atoms with Gasteiger partial charge in [0.1, 0.15) is 0 Å². The number of carbonyl (C=O) groups is 1. The van der Waals surface area contributed by atoms with Crippen molar-refractivity contribution in [2.24, 2.45) is 0 Å². The summed E-state index contributed by atoms with van der Waals surface area (Å²) in [6, 6.07) is 20.3. The first-order valence-electron chi connectivity index (χ1n) is 9.91. The van der Waals surface area contributed by atoms with Crippen LogP contribution in [0.5, 0.6) is 0 Å². The normalized spacial score (nSPS) is 15.0. The molecule has 0 radical (unpaired) electrons. The van der Waals surface area contributed by atoms with Crippen LogP contribution in [0.15, 0.2) is 60.7 Å². The lowest BCUT2D eigenvalue weighted by Crippen LogP contribution is -2.45. The lowest BCUT2D eigenvalue weighted by atomic mass is 9.64. The average molecular weight is 375 g/mol. The molecule has 1 heterocycles. The summed E-state index contributed by atoms with van der Waals surface area (Å²) >= 11 is 0. The molecule has 1 saturated carbocycles. The number of carbonyl (C=O) groups excluding carboxylic acids is 1. The molecule has 4 rings (SSSR count). The lowest BCUT2D eigenvalue weighted by Gasteiger charge is -2.42. The molecule has 0 bridgehead atoms. The number of nitrogens with zero attached hydrogens (tertiary/aromatic N) is 4. The van der Waals surface area contributed by atoms with Crippen molar-refractivity contribution in [3.05, 3.63) is 66.2 Å². The van der Waals surface area contributed by atoms with Crippen molar-refractivity contribution in [3.63, 3.8) is 0 Å². The lowest BCUT2D eigenvalue weighted by molar-refractivity contribution is -0.121. The SMILES string of the molecule is O=C(CCCn1nnc(-c2ccccc2)n1)NCC1(c2ccccc2)CCC1. The van der Waals surface area contributed by atoms with E-state index in [9.17, 15) is 4.79 Å². The van der Waals surface area contributed by atoms with Crippen LogP contribution in [0.2, 0.25) is 0 Å². The molecule has 6 nitrogen and oxygen atoms in total. The Hall–Kier alpha value is -3.02. The highest BCUT2D eigenvalue weighted by molar-refractivity contribution is 5.76. The third kappa shape index (κ3) is 4.11. The van der Waals surface area contributed by atoms with E-state index in [1.165, 1.54) is 12.0 Å². The van der Waals surface area contributed by atoms with Gasteiger partial charge in [0.2, 0.25) is 11.7 Å². The minimum Gasteiger partial charge on any atom is -0.355 e. The van der Waals surface area contributed by atoms with Crippen molar-refractivity contribution >= 4 is 5.91 Å². The van der Waals surface area contributed by atoms with Crippen LogP contribution in [-0.2, 0) is 16.8 Å².